The molecule has 27 heavy (non-hydrogen) atoms. The van der Waals surface area contributed by atoms with Crippen LogP contribution in [-0.4, -0.2) is 78.6 Å². The number of hydrogen-bond donors (Lipinski definition) is 0. The number of hydrogen-bond acceptors (Lipinski definition) is 6. The number of thiazole rings is 1. The minimum Gasteiger partial charge on any atom is -0.375 e. The minimum absolute atomic E-state index is 0.0164. The zero-order valence-electron chi connectivity index (χ0n) is 16.3. The first-order valence-corrected chi connectivity index (χ1v) is 10.7. The molecular weight excluding hydrogens is 364 g/mol. The molecule has 1 aromatic heterocycles. The average molecular weight is 395 g/mol. The van der Waals surface area contributed by atoms with Gasteiger partial charge in [-0.05, 0) is 19.8 Å². The fourth-order valence-electron chi connectivity index (χ4n) is 4.04. The van der Waals surface area contributed by atoms with Crippen molar-refractivity contribution in [3.8, 4) is 0 Å². The molecule has 0 N–H and O–H groups in total. The summed E-state index contributed by atoms with van der Waals surface area (Å²) in [5.74, 6) is 0.149. The quantitative estimate of drug-likeness (QED) is 0.738. The van der Waals surface area contributed by atoms with E-state index in [0.717, 1.165) is 18.0 Å². The van der Waals surface area contributed by atoms with Gasteiger partial charge < -0.3 is 9.64 Å². The molecule has 1 aliphatic carbocycles. The van der Waals surface area contributed by atoms with Gasteiger partial charge in [-0.2, -0.15) is 0 Å². The third kappa shape index (κ3) is 4.86. The van der Waals surface area contributed by atoms with Crippen molar-refractivity contribution in [1.29, 1.82) is 0 Å². The Balaban J connectivity index is 1.64. The Hall–Kier alpha value is -1.51. The van der Waals surface area contributed by atoms with E-state index in [4.69, 9.17) is 4.74 Å². The number of piperazine rings is 1. The number of ether oxygens (including phenoxy) is 1. The molecule has 7 nitrogen and oxygen atoms in total. The Morgan fingerprint density at radius 2 is 1.96 bits per heavy atom. The van der Waals surface area contributed by atoms with E-state index in [-0.39, 0.29) is 30.5 Å². The molecule has 1 aromatic rings. The Labute approximate surface area is 165 Å². The number of carbonyl (C=O) groups is 2. The second-order valence-corrected chi connectivity index (χ2v) is 8.21. The monoisotopic (exact) mass is 394 g/mol. The first-order chi connectivity index (χ1) is 13.1. The standard InChI is InChI=1S/C19H30N4O3S/c1-15(21-9-11-22(12-10-21)17(24)14-26-2)18(25)23(19-20-8-13-27-19)16-6-4-3-5-7-16/h8,13,15-16H,3-7,9-12,14H2,1-2H3. The molecule has 3 rings (SSSR count). The SMILES string of the molecule is COCC(=O)N1CCN(C(C)C(=O)N(c2nccs2)C2CCCCC2)CC1. The van der Waals surface area contributed by atoms with E-state index in [9.17, 15) is 9.59 Å². The van der Waals surface area contributed by atoms with Crippen LogP contribution in [0.25, 0.3) is 0 Å². The lowest BCUT2D eigenvalue weighted by atomic mass is 9.94. The molecule has 0 spiro atoms. The van der Waals surface area contributed by atoms with E-state index in [1.54, 1.807) is 6.20 Å². The maximum Gasteiger partial charge on any atom is 0.248 e. The zero-order chi connectivity index (χ0) is 19.2. The van der Waals surface area contributed by atoms with Gasteiger partial charge in [-0.3, -0.25) is 19.4 Å². The summed E-state index contributed by atoms with van der Waals surface area (Å²) < 4.78 is 4.94. The summed E-state index contributed by atoms with van der Waals surface area (Å²) in [6.45, 7) is 4.80. The Morgan fingerprint density at radius 3 is 2.56 bits per heavy atom. The normalized spacial score (nSPS) is 20.4. The molecule has 0 radical (unpaired) electrons. The molecule has 2 amide bonds. The highest BCUT2D eigenvalue weighted by atomic mass is 32.1. The van der Waals surface area contributed by atoms with Gasteiger partial charge in [0.1, 0.15) is 6.61 Å². The summed E-state index contributed by atoms with van der Waals surface area (Å²) >= 11 is 1.54. The van der Waals surface area contributed by atoms with Crippen LogP contribution < -0.4 is 4.90 Å². The van der Waals surface area contributed by atoms with Crippen molar-refractivity contribution < 1.29 is 14.3 Å². The maximum absolute atomic E-state index is 13.4. The van der Waals surface area contributed by atoms with Crippen LogP contribution in [0.5, 0.6) is 0 Å². The summed E-state index contributed by atoms with van der Waals surface area (Å²) in [7, 11) is 1.54. The van der Waals surface area contributed by atoms with E-state index >= 15 is 0 Å². The van der Waals surface area contributed by atoms with Crippen LogP contribution in [0, 0.1) is 0 Å². The smallest absolute Gasteiger partial charge is 0.248 e. The molecule has 1 unspecified atom stereocenters. The fraction of sp³-hybridized carbons (Fsp3) is 0.737. The Kier molecular flexibility index (Phi) is 7.20. The van der Waals surface area contributed by atoms with Gasteiger partial charge in [-0.15, -0.1) is 11.3 Å². The number of anilines is 1. The summed E-state index contributed by atoms with van der Waals surface area (Å²) in [5, 5.41) is 2.75. The van der Waals surface area contributed by atoms with Gasteiger partial charge in [0.2, 0.25) is 11.8 Å². The average Bonchev–Trinajstić information content (AvgIpc) is 3.23. The van der Waals surface area contributed by atoms with Gasteiger partial charge in [0.25, 0.3) is 0 Å². The van der Waals surface area contributed by atoms with Gasteiger partial charge in [0.15, 0.2) is 5.13 Å². The summed E-state index contributed by atoms with van der Waals surface area (Å²) in [6.07, 6.45) is 7.48. The predicted molar refractivity (Wildman–Crippen MR) is 106 cm³/mol. The molecule has 1 saturated carbocycles. The van der Waals surface area contributed by atoms with E-state index < -0.39 is 0 Å². The van der Waals surface area contributed by atoms with E-state index in [2.05, 4.69) is 9.88 Å². The number of nitrogens with zero attached hydrogens (tertiary/aromatic N) is 4. The van der Waals surface area contributed by atoms with Gasteiger partial charge in [-0.25, -0.2) is 4.98 Å². The first-order valence-electron chi connectivity index (χ1n) is 9.85. The Bertz CT molecular complexity index is 610. The molecule has 1 atom stereocenters. The molecule has 1 saturated heterocycles. The highest BCUT2D eigenvalue weighted by Gasteiger charge is 2.35. The van der Waals surface area contributed by atoms with Crippen LogP contribution in [0.2, 0.25) is 0 Å². The van der Waals surface area contributed by atoms with E-state index in [1.165, 1.54) is 37.7 Å². The predicted octanol–water partition coefficient (Wildman–Crippen LogP) is 1.99. The highest BCUT2D eigenvalue weighted by molar-refractivity contribution is 7.13. The molecule has 150 valence electrons. The minimum atomic E-state index is -0.212. The van der Waals surface area contributed by atoms with Gasteiger partial charge in [-0.1, -0.05) is 19.3 Å². The van der Waals surface area contributed by atoms with Crippen molar-refractivity contribution in [3.63, 3.8) is 0 Å². The molecule has 2 aliphatic rings. The van der Waals surface area contributed by atoms with Crippen LogP contribution in [0.15, 0.2) is 11.6 Å². The molecule has 0 bridgehead atoms. The number of amides is 2. The van der Waals surface area contributed by atoms with Crippen molar-refractivity contribution in [1.82, 2.24) is 14.8 Å². The fourth-order valence-corrected chi connectivity index (χ4v) is 4.75. The van der Waals surface area contributed by atoms with Crippen LogP contribution in [0.1, 0.15) is 39.0 Å². The van der Waals surface area contributed by atoms with Gasteiger partial charge in [0, 0.05) is 50.9 Å². The number of methoxy groups -OCH3 is 1. The lowest BCUT2D eigenvalue weighted by Crippen LogP contribution is -2.57. The van der Waals surface area contributed by atoms with Crippen LogP contribution >= 0.6 is 11.3 Å². The second kappa shape index (κ2) is 9.61. The summed E-state index contributed by atoms with van der Waals surface area (Å²) in [6, 6.07) is 0.0416. The largest absolute Gasteiger partial charge is 0.375 e. The molecule has 0 aromatic carbocycles. The third-order valence-electron chi connectivity index (χ3n) is 5.64. The number of rotatable bonds is 6. The molecule has 8 heteroatoms. The summed E-state index contributed by atoms with van der Waals surface area (Å²) in [4.78, 5) is 35.8. The van der Waals surface area contributed by atoms with E-state index in [1.807, 2.05) is 22.1 Å². The van der Waals surface area contributed by atoms with Gasteiger partial charge >= 0.3 is 0 Å². The number of aromatic nitrogens is 1. The maximum atomic E-state index is 13.4. The molecule has 1 aliphatic heterocycles. The van der Waals surface area contributed by atoms with Crippen molar-refractivity contribution >= 4 is 28.3 Å². The van der Waals surface area contributed by atoms with Crippen LogP contribution in [0.4, 0.5) is 5.13 Å². The number of carbonyl (C=O) groups excluding carboxylic acids is 2. The molecular formula is C19H30N4O3S. The Morgan fingerprint density at radius 1 is 1.26 bits per heavy atom. The van der Waals surface area contributed by atoms with Crippen LogP contribution in [0.3, 0.4) is 0 Å². The van der Waals surface area contributed by atoms with Crippen molar-refractivity contribution in [2.24, 2.45) is 0 Å². The molecule has 2 heterocycles. The van der Waals surface area contributed by atoms with Crippen molar-refractivity contribution in [2.75, 3.05) is 44.8 Å². The third-order valence-corrected chi connectivity index (χ3v) is 6.41. The first kappa shape index (κ1) is 20.2. The van der Waals surface area contributed by atoms with E-state index in [0.29, 0.717) is 26.2 Å². The molecule has 2 fully saturated rings. The zero-order valence-corrected chi connectivity index (χ0v) is 17.1. The lowest BCUT2D eigenvalue weighted by Gasteiger charge is -2.40. The second-order valence-electron chi connectivity index (χ2n) is 7.34. The highest BCUT2D eigenvalue weighted by Crippen LogP contribution is 2.30. The van der Waals surface area contributed by atoms with Crippen molar-refractivity contribution in [2.45, 2.75) is 51.1 Å². The van der Waals surface area contributed by atoms with Crippen LogP contribution in [-0.2, 0) is 14.3 Å². The topological polar surface area (TPSA) is 66.0 Å². The van der Waals surface area contributed by atoms with Gasteiger partial charge in [0.05, 0.1) is 6.04 Å². The summed E-state index contributed by atoms with van der Waals surface area (Å²) in [5.41, 5.74) is 0. The van der Waals surface area contributed by atoms with Crippen molar-refractivity contribution in [3.05, 3.63) is 11.6 Å². The lowest BCUT2D eigenvalue weighted by molar-refractivity contribution is -0.137.